The lowest BCUT2D eigenvalue weighted by atomic mass is 10.2. The first-order chi connectivity index (χ1) is 16.0. The molecule has 1 atom stereocenters. The Morgan fingerprint density at radius 2 is 1.48 bits per heavy atom. The van der Waals surface area contributed by atoms with E-state index in [1.807, 2.05) is 60.7 Å². The maximum Gasteiger partial charge on any atom is 0.333 e. The number of hydrazine groups is 1. The summed E-state index contributed by atoms with van der Waals surface area (Å²) in [7, 11) is 0. The second-order valence-corrected chi connectivity index (χ2v) is 7.20. The Morgan fingerprint density at radius 3 is 2.06 bits per heavy atom. The summed E-state index contributed by atoms with van der Waals surface area (Å²) in [5.74, 6) is 0.0869. The predicted molar refractivity (Wildman–Crippen MR) is 121 cm³/mol. The van der Waals surface area contributed by atoms with Crippen LogP contribution >= 0.6 is 0 Å². The van der Waals surface area contributed by atoms with Crippen LogP contribution in [0.1, 0.15) is 28.5 Å². The van der Waals surface area contributed by atoms with Gasteiger partial charge in [-0.15, -0.1) is 0 Å². The molecular weight excluding hydrogens is 424 g/mol. The molecule has 0 bridgehead atoms. The standard InChI is InChI=1S/C24H26N4O5/c1-17(29)13-26-24(31)28-27-23(30)20-12-21(32-15-18-8-4-2-5-9-18)22(14-25-20)33-16-19-10-6-3-7-11-19/h2-12,14,17,29H,13,15-16H2,1H3,(H,27,30)(H2,26,28,31). The van der Waals surface area contributed by atoms with Crippen molar-refractivity contribution in [3.05, 3.63) is 89.7 Å². The Kier molecular flexibility index (Phi) is 8.61. The van der Waals surface area contributed by atoms with Crippen molar-refractivity contribution < 1.29 is 24.2 Å². The molecule has 3 rings (SSSR count). The fourth-order valence-electron chi connectivity index (χ4n) is 2.70. The number of aliphatic hydroxyl groups is 1. The van der Waals surface area contributed by atoms with E-state index in [0.29, 0.717) is 18.1 Å². The van der Waals surface area contributed by atoms with Crippen molar-refractivity contribution in [2.24, 2.45) is 0 Å². The molecule has 0 radical (unpaired) electrons. The highest BCUT2D eigenvalue weighted by Gasteiger charge is 2.15. The molecule has 1 heterocycles. The van der Waals surface area contributed by atoms with Crippen molar-refractivity contribution in [2.45, 2.75) is 26.2 Å². The van der Waals surface area contributed by atoms with Crippen LogP contribution in [0.3, 0.4) is 0 Å². The minimum atomic E-state index is -0.708. The molecule has 0 aliphatic rings. The zero-order chi connectivity index (χ0) is 23.5. The average molecular weight is 450 g/mol. The molecule has 3 aromatic rings. The summed E-state index contributed by atoms with van der Waals surface area (Å²) in [5, 5.41) is 11.6. The van der Waals surface area contributed by atoms with Gasteiger partial charge in [0.2, 0.25) is 0 Å². The Balaban J connectivity index is 1.69. The number of aromatic nitrogens is 1. The zero-order valence-electron chi connectivity index (χ0n) is 18.2. The molecule has 0 aliphatic carbocycles. The first-order valence-electron chi connectivity index (χ1n) is 10.4. The summed E-state index contributed by atoms with van der Waals surface area (Å²) in [6, 6.07) is 20.0. The van der Waals surface area contributed by atoms with Crippen LogP contribution in [0.5, 0.6) is 11.5 Å². The van der Waals surface area contributed by atoms with Gasteiger partial charge in [0.05, 0.1) is 12.3 Å². The van der Waals surface area contributed by atoms with Gasteiger partial charge in [-0.05, 0) is 18.1 Å². The number of nitrogens with zero attached hydrogens (tertiary/aromatic N) is 1. The SMILES string of the molecule is CC(O)CNC(=O)NNC(=O)c1cc(OCc2ccccc2)c(OCc2ccccc2)cn1. The van der Waals surface area contributed by atoms with E-state index in [1.165, 1.54) is 19.2 Å². The molecule has 4 N–H and O–H groups in total. The van der Waals surface area contributed by atoms with Gasteiger partial charge in [0.25, 0.3) is 5.91 Å². The van der Waals surface area contributed by atoms with Gasteiger partial charge in [-0.2, -0.15) is 0 Å². The van der Waals surface area contributed by atoms with E-state index < -0.39 is 18.0 Å². The lowest BCUT2D eigenvalue weighted by Gasteiger charge is -2.14. The number of hydrogen-bond acceptors (Lipinski definition) is 6. The number of ether oxygens (including phenoxy) is 2. The molecule has 9 heteroatoms. The number of carbonyl (C=O) groups is 2. The molecule has 1 aromatic heterocycles. The molecule has 0 spiro atoms. The molecule has 2 aromatic carbocycles. The highest BCUT2D eigenvalue weighted by molar-refractivity contribution is 5.94. The van der Waals surface area contributed by atoms with Gasteiger partial charge in [-0.1, -0.05) is 60.7 Å². The lowest BCUT2D eigenvalue weighted by Crippen LogP contribution is -2.48. The quantitative estimate of drug-likeness (QED) is 0.372. The number of carbonyl (C=O) groups excluding carboxylic acids is 2. The topological polar surface area (TPSA) is 122 Å². The van der Waals surface area contributed by atoms with Crippen LogP contribution in [-0.4, -0.2) is 34.7 Å². The van der Waals surface area contributed by atoms with E-state index in [0.717, 1.165) is 11.1 Å². The minimum absolute atomic E-state index is 0.0287. The van der Waals surface area contributed by atoms with E-state index in [-0.39, 0.29) is 18.8 Å². The second-order valence-electron chi connectivity index (χ2n) is 7.20. The van der Waals surface area contributed by atoms with Crippen LogP contribution in [0.25, 0.3) is 0 Å². The van der Waals surface area contributed by atoms with E-state index >= 15 is 0 Å². The fourth-order valence-corrected chi connectivity index (χ4v) is 2.70. The molecule has 0 fully saturated rings. The molecule has 0 saturated carbocycles. The van der Waals surface area contributed by atoms with Gasteiger partial charge in [-0.25, -0.2) is 15.2 Å². The van der Waals surface area contributed by atoms with E-state index in [9.17, 15) is 14.7 Å². The molecule has 3 amide bonds. The van der Waals surface area contributed by atoms with Crippen LogP contribution in [0.2, 0.25) is 0 Å². The van der Waals surface area contributed by atoms with Crippen LogP contribution < -0.4 is 25.6 Å². The van der Waals surface area contributed by atoms with Gasteiger partial charge in [0.15, 0.2) is 11.5 Å². The minimum Gasteiger partial charge on any atom is -0.485 e. The number of amides is 3. The largest absolute Gasteiger partial charge is 0.485 e. The van der Waals surface area contributed by atoms with Crippen LogP contribution in [0, 0.1) is 0 Å². The third kappa shape index (κ3) is 7.82. The first kappa shape index (κ1) is 23.6. The van der Waals surface area contributed by atoms with Crippen molar-refractivity contribution in [3.63, 3.8) is 0 Å². The summed E-state index contributed by atoms with van der Waals surface area (Å²) < 4.78 is 11.8. The smallest absolute Gasteiger partial charge is 0.333 e. The fraction of sp³-hybridized carbons (Fsp3) is 0.208. The second kappa shape index (κ2) is 12.1. The van der Waals surface area contributed by atoms with Crippen molar-refractivity contribution in [2.75, 3.05) is 6.54 Å². The van der Waals surface area contributed by atoms with Crippen LogP contribution in [-0.2, 0) is 13.2 Å². The van der Waals surface area contributed by atoms with Crippen molar-refractivity contribution >= 4 is 11.9 Å². The van der Waals surface area contributed by atoms with Crippen molar-refractivity contribution in [3.8, 4) is 11.5 Å². The summed E-state index contributed by atoms with van der Waals surface area (Å²) in [4.78, 5) is 28.2. The first-order valence-corrected chi connectivity index (χ1v) is 10.4. The molecule has 172 valence electrons. The Labute approximate surface area is 191 Å². The predicted octanol–water partition coefficient (Wildman–Crippen LogP) is 2.56. The van der Waals surface area contributed by atoms with Gasteiger partial charge >= 0.3 is 6.03 Å². The molecule has 1 unspecified atom stereocenters. The Hall–Kier alpha value is -4.11. The van der Waals surface area contributed by atoms with Crippen LogP contribution in [0.15, 0.2) is 72.9 Å². The molecule has 0 aliphatic heterocycles. The average Bonchev–Trinajstić information content (AvgIpc) is 2.85. The van der Waals surface area contributed by atoms with Gasteiger partial charge in [0.1, 0.15) is 18.9 Å². The third-order valence-corrected chi connectivity index (χ3v) is 4.39. The van der Waals surface area contributed by atoms with Gasteiger partial charge in [-0.3, -0.25) is 10.2 Å². The van der Waals surface area contributed by atoms with Crippen molar-refractivity contribution in [1.82, 2.24) is 21.2 Å². The number of urea groups is 1. The summed E-state index contributed by atoms with van der Waals surface area (Å²) >= 11 is 0. The zero-order valence-corrected chi connectivity index (χ0v) is 18.2. The van der Waals surface area contributed by atoms with Gasteiger partial charge < -0.3 is 19.9 Å². The number of pyridine rings is 1. The highest BCUT2D eigenvalue weighted by atomic mass is 16.5. The van der Waals surface area contributed by atoms with E-state index in [4.69, 9.17) is 9.47 Å². The lowest BCUT2D eigenvalue weighted by molar-refractivity contribution is 0.0930. The summed E-state index contributed by atoms with van der Waals surface area (Å²) in [6.07, 6.45) is 0.701. The Morgan fingerprint density at radius 1 is 0.909 bits per heavy atom. The normalized spacial score (nSPS) is 11.2. The summed E-state index contributed by atoms with van der Waals surface area (Å²) in [6.45, 7) is 2.15. The van der Waals surface area contributed by atoms with Gasteiger partial charge in [0, 0.05) is 12.6 Å². The van der Waals surface area contributed by atoms with E-state index in [2.05, 4.69) is 21.2 Å². The Bertz CT molecular complexity index is 1050. The molecular formula is C24H26N4O5. The number of nitrogens with one attached hydrogen (secondary N) is 3. The molecule has 33 heavy (non-hydrogen) atoms. The number of rotatable bonds is 9. The molecule has 9 nitrogen and oxygen atoms in total. The molecule has 0 saturated heterocycles. The monoisotopic (exact) mass is 450 g/mol. The maximum absolute atomic E-state index is 12.4. The van der Waals surface area contributed by atoms with E-state index in [1.54, 1.807) is 0 Å². The van der Waals surface area contributed by atoms with Crippen molar-refractivity contribution in [1.29, 1.82) is 0 Å². The number of benzene rings is 2. The third-order valence-electron chi connectivity index (χ3n) is 4.39. The summed E-state index contributed by atoms with van der Waals surface area (Å²) in [5.41, 5.74) is 6.41. The highest BCUT2D eigenvalue weighted by Crippen LogP contribution is 2.28. The van der Waals surface area contributed by atoms with Crippen LogP contribution in [0.4, 0.5) is 4.79 Å². The maximum atomic E-state index is 12.4. The number of aliphatic hydroxyl groups excluding tert-OH is 1. The number of hydrogen-bond donors (Lipinski definition) is 4.